The van der Waals surface area contributed by atoms with E-state index in [1.807, 2.05) is 6.07 Å². The van der Waals surface area contributed by atoms with E-state index in [0.717, 1.165) is 5.75 Å². The van der Waals surface area contributed by atoms with Gasteiger partial charge in [0.2, 0.25) is 0 Å². The standard InChI is InChI=1S/C18H16O/c1-13-4-3-5-14(10-13)15-6-7-17-12-18(19-2)9-8-16(17)11-15/h3-12H,1-2H3. The number of ether oxygens (including phenoxy) is 1. The number of benzene rings is 3. The van der Waals surface area contributed by atoms with Gasteiger partial charge in [0, 0.05) is 0 Å². The van der Waals surface area contributed by atoms with Crippen LogP contribution in [0.1, 0.15) is 5.56 Å². The van der Waals surface area contributed by atoms with Gasteiger partial charge in [-0.1, -0.05) is 48.0 Å². The zero-order valence-electron chi connectivity index (χ0n) is 11.2. The Labute approximate surface area is 113 Å². The topological polar surface area (TPSA) is 9.23 Å². The lowest BCUT2D eigenvalue weighted by molar-refractivity contribution is 0.415. The van der Waals surface area contributed by atoms with E-state index in [1.165, 1.54) is 27.5 Å². The monoisotopic (exact) mass is 248 g/mol. The van der Waals surface area contributed by atoms with E-state index >= 15 is 0 Å². The maximum Gasteiger partial charge on any atom is 0.119 e. The average molecular weight is 248 g/mol. The Morgan fingerprint density at radius 1 is 0.737 bits per heavy atom. The molecule has 3 aromatic carbocycles. The molecule has 1 nitrogen and oxygen atoms in total. The fourth-order valence-electron chi connectivity index (χ4n) is 2.35. The first-order valence-electron chi connectivity index (χ1n) is 6.41. The van der Waals surface area contributed by atoms with Gasteiger partial charge in [-0.05, 0) is 47.0 Å². The highest BCUT2D eigenvalue weighted by Crippen LogP contribution is 2.27. The lowest BCUT2D eigenvalue weighted by Gasteiger charge is -2.06. The molecule has 19 heavy (non-hydrogen) atoms. The van der Waals surface area contributed by atoms with E-state index < -0.39 is 0 Å². The van der Waals surface area contributed by atoms with E-state index in [9.17, 15) is 0 Å². The second-order valence-electron chi connectivity index (χ2n) is 4.80. The molecule has 0 aromatic heterocycles. The maximum absolute atomic E-state index is 5.25. The van der Waals surface area contributed by atoms with E-state index in [-0.39, 0.29) is 0 Å². The molecule has 0 amide bonds. The summed E-state index contributed by atoms with van der Waals surface area (Å²) in [6.45, 7) is 2.12. The van der Waals surface area contributed by atoms with Gasteiger partial charge in [-0.3, -0.25) is 0 Å². The Morgan fingerprint density at radius 2 is 1.47 bits per heavy atom. The fourth-order valence-corrected chi connectivity index (χ4v) is 2.35. The van der Waals surface area contributed by atoms with Gasteiger partial charge >= 0.3 is 0 Å². The molecule has 0 aliphatic rings. The number of rotatable bonds is 2. The molecule has 0 saturated heterocycles. The molecule has 0 N–H and O–H groups in total. The van der Waals surface area contributed by atoms with Gasteiger partial charge in [0.1, 0.15) is 5.75 Å². The van der Waals surface area contributed by atoms with Gasteiger partial charge in [0.25, 0.3) is 0 Å². The zero-order chi connectivity index (χ0) is 13.2. The molecular formula is C18H16O. The summed E-state index contributed by atoms with van der Waals surface area (Å²) in [4.78, 5) is 0. The van der Waals surface area contributed by atoms with Gasteiger partial charge in [0.05, 0.1) is 7.11 Å². The van der Waals surface area contributed by atoms with Crippen LogP contribution >= 0.6 is 0 Å². The average Bonchev–Trinajstić information content (AvgIpc) is 2.46. The first kappa shape index (κ1) is 11.8. The van der Waals surface area contributed by atoms with Crippen LogP contribution in [0.4, 0.5) is 0 Å². The van der Waals surface area contributed by atoms with E-state index in [2.05, 4.69) is 61.5 Å². The van der Waals surface area contributed by atoms with Gasteiger partial charge in [-0.15, -0.1) is 0 Å². The quantitative estimate of drug-likeness (QED) is 0.631. The molecule has 0 unspecified atom stereocenters. The largest absolute Gasteiger partial charge is 0.497 e. The molecule has 0 radical (unpaired) electrons. The molecule has 0 heterocycles. The summed E-state index contributed by atoms with van der Waals surface area (Å²) in [5.74, 6) is 0.899. The third-order valence-corrected chi connectivity index (χ3v) is 3.40. The molecule has 1 heteroatoms. The van der Waals surface area contributed by atoms with Gasteiger partial charge in [-0.2, -0.15) is 0 Å². The fraction of sp³-hybridized carbons (Fsp3) is 0.111. The van der Waals surface area contributed by atoms with Crippen molar-refractivity contribution in [2.24, 2.45) is 0 Å². The molecule has 0 atom stereocenters. The normalized spacial score (nSPS) is 10.6. The molecular weight excluding hydrogens is 232 g/mol. The van der Waals surface area contributed by atoms with E-state index in [0.29, 0.717) is 0 Å². The minimum absolute atomic E-state index is 0.899. The number of hydrogen-bond donors (Lipinski definition) is 0. The Morgan fingerprint density at radius 3 is 2.26 bits per heavy atom. The summed E-state index contributed by atoms with van der Waals surface area (Å²) in [6, 6.07) is 21.3. The van der Waals surface area contributed by atoms with Crippen LogP contribution in [0, 0.1) is 6.92 Å². The lowest BCUT2D eigenvalue weighted by Crippen LogP contribution is -1.83. The number of hydrogen-bond acceptors (Lipinski definition) is 1. The van der Waals surface area contributed by atoms with E-state index in [1.54, 1.807) is 7.11 Å². The number of methoxy groups -OCH3 is 1. The van der Waals surface area contributed by atoms with Crippen LogP contribution in [0.15, 0.2) is 60.7 Å². The van der Waals surface area contributed by atoms with Crippen molar-refractivity contribution in [3.63, 3.8) is 0 Å². The zero-order valence-corrected chi connectivity index (χ0v) is 11.2. The minimum atomic E-state index is 0.899. The van der Waals surface area contributed by atoms with Crippen molar-refractivity contribution in [2.75, 3.05) is 7.11 Å². The first-order chi connectivity index (χ1) is 9.26. The van der Waals surface area contributed by atoms with Crippen LogP contribution in [0.25, 0.3) is 21.9 Å². The molecule has 3 aromatic rings. The van der Waals surface area contributed by atoms with Crippen molar-refractivity contribution in [3.8, 4) is 16.9 Å². The second-order valence-corrected chi connectivity index (χ2v) is 4.80. The SMILES string of the molecule is COc1ccc2cc(-c3cccc(C)c3)ccc2c1. The molecule has 0 aliphatic heterocycles. The summed E-state index contributed by atoms with van der Waals surface area (Å²) in [5, 5.41) is 2.44. The van der Waals surface area contributed by atoms with Crippen LogP contribution < -0.4 is 4.74 Å². The minimum Gasteiger partial charge on any atom is -0.497 e. The Hall–Kier alpha value is -2.28. The predicted molar refractivity (Wildman–Crippen MR) is 80.7 cm³/mol. The maximum atomic E-state index is 5.25. The van der Waals surface area contributed by atoms with Crippen LogP contribution in [0.3, 0.4) is 0 Å². The summed E-state index contributed by atoms with van der Waals surface area (Å²) in [6.07, 6.45) is 0. The summed E-state index contributed by atoms with van der Waals surface area (Å²) >= 11 is 0. The molecule has 0 bridgehead atoms. The summed E-state index contributed by atoms with van der Waals surface area (Å²) < 4.78 is 5.25. The number of aryl methyl sites for hydroxylation is 1. The first-order valence-corrected chi connectivity index (χ1v) is 6.41. The Balaban J connectivity index is 2.11. The van der Waals surface area contributed by atoms with Crippen molar-refractivity contribution >= 4 is 10.8 Å². The van der Waals surface area contributed by atoms with Crippen LogP contribution in [0.5, 0.6) is 5.75 Å². The van der Waals surface area contributed by atoms with Crippen LogP contribution in [-0.2, 0) is 0 Å². The Kier molecular flexibility index (Phi) is 2.96. The highest BCUT2D eigenvalue weighted by Gasteiger charge is 2.01. The molecule has 0 spiro atoms. The van der Waals surface area contributed by atoms with Crippen molar-refractivity contribution in [3.05, 3.63) is 66.2 Å². The molecule has 94 valence electrons. The number of fused-ring (bicyclic) bond motifs is 1. The van der Waals surface area contributed by atoms with Crippen molar-refractivity contribution in [1.29, 1.82) is 0 Å². The molecule has 3 rings (SSSR count). The summed E-state index contributed by atoms with van der Waals surface area (Å²) in [7, 11) is 1.70. The van der Waals surface area contributed by atoms with Gasteiger partial charge < -0.3 is 4.74 Å². The third-order valence-electron chi connectivity index (χ3n) is 3.40. The smallest absolute Gasteiger partial charge is 0.119 e. The third kappa shape index (κ3) is 2.32. The molecule has 0 fully saturated rings. The summed E-state index contributed by atoms with van der Waals surface area (Å²) in [5.41, 5.74) is 3.80. The van der Waals surface area contributed by atoms with Gasteiger partial charge in [-0.25, -0.2) is 0 Å². The highest BCUT2D eigenvalue weighted by atomic mass is 16.5. The second kappa shape index (κ2) is 4.77. The van der Waals surface area contributed by atoms with E-state index in [4.69, 9.17) is 4.74 Å². The highest BCUT2D eigenvalue weighted by molar-refractivity contribution is 5.88. The van der Waals surface area contributed by atoms with Crippen LogP contribution in [-0.4, -0.2) is 7.11 Å². The van der Waals surface area contributed by atoms with Crippen LogP contribution in [0.2, 0.25) is 0 Å². The Bertz CT molecular complexity index is 729. The molecule has 0 saturated carbocycles. The lowest BCUT2D eigenvalue weighted by atomic mass is 10.00. The molecule has 0 aliphatic carbocycles. The van der Waals surface area contributed by atoms with Crippen molar-refractivity contribution < 1.29 is 4.74 Å². The predicted octanol–water partition coefficient (Wildman–Crippen LogP) is 4.82. The van der Waals surface area contributed by atoms with Gasteiger partial charge in [0.15, 0.2) is 0 Å². The van der Waals surface area contributed by atoms with Crippen molar-refractivity contribution in [2.45, 2.75) is 6.92 Å². The van der Waals surface area contributed by atoms with Crippen molar-refractivity contribution in [1.82, 2.24) is 0 Å².